The Morgan fingerprint density at radius 1 is 1.19 bits per heavy atom. The number of aliphatic hydroxyl groups excluding tert-OH is 1. The minimum absolute atomic E-state index is 0.0463. The van der Waals surface area contributed by atoms with Crippen molar-refractivity contribution in [3.63, 3.8) is 0 Å². The van der Waals surface area contributed by atoms with E-state index in [0.717, 1.165) is 34.4 Å². The quantitative estimate of drug-likeness (QED) is 0.906. The second kappa shape index (κ2) is 6.02. The van der Waals surface area contributed by atoms with Crippen LogP contribution in [0.4, 0.5) is 0 Å². The molecule has 0 unspecified atom stereocenters. The Morgan fingerprint density at radius 3 is 2.95 bits per heavy atom. The molecule has 0 saturated heterocycles. The molecule has 0 atom stereocenters. The van der Waals surface area contributed by atoms with Gasteiger partial charge < -0.3 is 14.9 Å². The number of hydrogen-bond donors (Lipinski definition) is 2. The largest absolute Gasteiger partial charge is 0.508 e. The lowest BCUT2D eigenvalue weighted by molar-refractivity contribution is 0.282. The van der Waals surface area contributed by atoms with E-state index in [-0.39, 0.29) is 6.61 Å². The molecule has 1 aliphatic heterocycles. The fourth-order valence-electron chi connectivity index (χ4n) is 2.54. The molecule has 0 aromatic heterocycles. The standard InChI is InChI=1S/C18H18O3/c19-12-14-5-1-3-13(9-14)4-2-6-15-11-18-16(7-8-21-18)10-17(15)20/h1-5,9-11,19-20H,6-8,12H2/b4-2+. The monoisotopic (exact) mass is 282 g/mol. The van der Waals surface area contributed by atoms with E-state index < -0.39 is 0 Å². The molecule has 2 aromatic rings. The van der Waals surface area contributed by atoms with Gasteiger partial charge in [-0.25, -0.2) is 0 Å². The van der Waals surface area contributed by atoms with E-state index in [1.165, 1.54) is 0 Å². The smallest absolute Gasteiger partial charge is 0.123 e. The number of phenols is 1. The summed E-state index contributed by atoms with van der Waals surface area (Å²) in [5, 5.41) is 19.2. The van der Waals surface area contributed by atoms with Gasteiger partial charge in [0.15, 0.2) is 0 Å². The van der Waals surface area contributed by atoms with Gasteiger partial charge in [0.1, 0.15) is 11.5 Å². The van der Waals surface area contributed by atoms with Gasteiger partial charge >= 0.3 is 0 Å². The zero-order valence-electron chi connectivity index (χ0n) is 11.7. The molecule has 2 aromatic carbocycles. The Hall–Kier alpha value is -2.26. The van der Waals surface area contributed by atoms with E-state index in [4.69, 9.17) is 9.84 Å². The molecule has 1 heterocycles. The topological polar surface area (TPSA) is 49.7 Å². The van der Waals surface area contributed by atoms with Crippen molar-refractivity contribution in [2.24, 2.45) is 0 Å². The summed E-state index contributed by atoms with van der Waals surface area (Å²) in [6, 6.07) is 11.5. The molecule has 108 valence electrons. The number of phenolic OH excluding ortho intramolecular Hbond substituents is 1. The van der Waals surface area contributed by atoms with Gasteiger partial charge in [-0.2, -0.15) is 0 Å². The average molecular weight is 282 g/mol. The summed E-state index contributed by atoms with van der Waals surface area (Å²) < 4.78 is 5.53. The molecule has 21 heavy (non-hydrogen) atoms. The van der Waals surface area contributed by atoms with Crippen LogP contribution in [0.15, 0.2) is 42.5 Å². The molecule has 2 N–H and O–H groups in total. The van der Waals surface area contributed by atoms with Gasteiger partial charge in [0.05, 0.1) is 13.2 Å². The molecule has 0 amide bonds. The first-order valence-corrected chi connectivity index (χ1v) is 7.10. The van der Waals surface area contributed by atoms with Gasteiger partial charge in [-0.15, -0.1) is 0 Å². The molecule has 0 bridgehead atoms. The van der Waals surface area contributed by atoms with Gasteiger partial charge in [-0.1, -0.05) is 30.4 Å². The predicted octanol–water partition coefficient (Wildman–Crippen LogP) is 3.08. The highest BCUT2D eigenvalue weighted by Gasteiger charge is 2.14. The van der Waals surface area contributed by atoms with Crippen LogP contribution in [-0.4, -0.2) is 16.8 Å². The average Bonchev–Trinajstić information content (AvgIpc) is 2.94. The second-order valence-corrected chi connectivity index (χ2v) is 5.20. The van der Waals surface area contributed by atoms with Crippen molar-refractivity contribution in [3.05, 3.63) is 64.7 Å². The van der Waals surface area contributed by atoms with Crippen molar-refractivity contribution >= 4 is 6.08 Å². The molecule has 3 heteroatoms. The summed E-state index contributed by atoms with van der Waals surface area (Å²) in [7, 11) is 0. The summed E-state index contributed by atoms with van der Waals surface area (Å²) in [5.74, 6) is 1.21. The number of ether oxygens (including phenoxy) is 1. The number of allylic oxidation sites excluding steroid dienone is 1. The van der Waals surface area contributed by atoms with Gasteiger partial charge in [0, 0.05) is 17.5 Å². The highest BCUT2D eigenvalue weighted by molar-refractivity contribution is 5.53. The van der Waals surface area contributed by atoms with Crippen molar-refractivity contribution in [2.75, 3.05) is 6.61 Å². The lowest BCUT2D eigenvalue weighted by Gasteiger charge is -2.05. The van der Waals surface area contributed by atoms with E-state index in [2.05, 4.69) is 0 Å². The molecule has 1 aliphatic rings. The molecule has 0 spiro atoms. The zero-order chi connectivity index (χ0) is 14.7. The van der Waals surface area contributed by atoms with E-state index in [1.807, 2.05) is 42.5 Å². The Labute approximate surface area is 124 Å². The first-order chi connectivity index (χ1) is 10.3. The lowest BCUT2D eigenvalue weighted by Crippen LogP contribution is -1.87. The minimum Gasteiger partial charge on any atom is -0.508 e. The fraction of sp³-hybridized carbons (Fsp3) is 0.222. The third-order valence-corrected chi connectivity index (χ3v) is 3.67. The predicted molar refractivity (Wildman–Crippen MR) is 82.4 cm³/mol. The van der Waals surface area contributed by atoms with Gasteiger partial charge in [0.2, 0.25) is 0 Å². The zero-order valence-corrected chi connectivity index (χ0v) is 11.7. The summed E-state index contributed by atoms with van der Waals surface area (Å²) >= 11 is 0. The van der Waals surface area contributed by atoms with Crippen molar-refractivity contribution in [1.82, 2.24) is 0 Å². The number of rotatable bonds is 4. The summed E-state index contributed by atoms with van der Waals surface area (Å²) in [6.07, 6.45) is 5.51. The minimum atomic E-state index is 0.0463. The lowest BCUT2D eigenvalue weighted by atomic mass is 10.0. The van der Waals surface area contributed by atoms with Gasteiger partial charge in [0.25, 0.3) is 0 Å². The molecule has 0 aliphatic carbocycles. The van der Waals surface area contributed by atoms with Crippen LogP contribution in [0.1, 0.15) is 22.3 Å². The molecular weight excluding hydrogens is 264 g/mol. The van der Waals surface area contributed by atoms with Crippen LogP contribution < -0.4 is 4.74 Å². The normalized spacial score (nSPS) is 13.4. The number of benzene rings is 2. The maximum atomic E-state index is 10.0. The summed E-state index contributed by atoms with van der Waals surface area (Å²) in [5.41, 5.74) is 3.88. The van der Waals surface area contributed by atoms with Crippen LogP contribution in [0.25, 0.3) is 6.08 Å². The van der Waals surface area contributed by atoms with Crippen LogP contribution in [-0.2, 0) is 19.4 Å². The Balaban J connectivity index is 1.74. The van der Waals surface area contributed by atoms with E-state index >= 15 is 0 Å². The fourth-order valence-corrected chi connectivity index (χ4v) is 2.54. The first kappa shape index (κ1) is 13.7. The number of aliphatic hydroxyl groups is 1. The Morgan fingerprint density at radius 2 is 2.10 bits per heavy atom. The van der Waals surface area contributed by atoms with Crippen molar-refractivity contribution in [2.45, 2.75) is 19.4 Å². The van der Waals surface area contributed by atoms with Crippen molar-refractivity contribution < 1.29 is 14.9 Å². The third-order valence-electron chi connectivity index (χ3n) is 3.67. The Bertz CT molecular complexity index is 674. The molecule has 3 rings (SSSR count). The Kier molecular flexibility index (Phi) is 3.93. The highest BCUT2D eigenvalue weighted by Crippen LogP contribution is 2.32. The van der Waals surface area contributed by atoms with Crippen LogP contribution in [0.5, 0.6) is 11.5 Å². The number of aromatic hydroxyl groups is 1. The molecule has 0 fully saturated rings. The first-order valence-electron chi connectivity index (χ1n) is 7.10. The summed E-state index contributed by atoms with van der Waals surface area (Å²) in [4.78, 5) is 0. The van der Waals surface area contributed by atoms with Crippen molar-refractivity contribution in [3.8, 4) is 11.5 Å². The maximum absolute atomic E-state index is 10.0. The molecule has 3 nitrogen and oxygen atoms in total. The van der Waals surface area contributed by atoms with Crippen LogP contribution in [0, 0.1) is 0 Å². The van der Waals surface area contributed by atoms with E-state index in [1.54, 1.807) is 6.07 Å². The van der Waals surface area contributed by atoms with E-state index in [0.29, 0.717) is 18.8 Å². The van der Waals surface area contributed by atoms with Gasteiger partial charge in [-0.05, 0) is 35.7 Å². The molecule has 0 radical (unpaired) electrons. The summed E-state index contributed by atoms with van der Waals surface area (Å²) in [6.45, 7) is 0.743. The third kappa shape index (κ3) is 3.09. The SMILES string of the molecule is OCc1cccc(/C=C/Cc2cc3c(cc2O)CCO3)c1. The highest BCUT2D eigenvalue weighted by atomic mass is 16.5. The second-order valence-electron chi connectivity index (χ2n) is 5.20. The van der Waals surface area contributed by atoms with Crippen LogP contribution >= 0.6 is 0 Å². The maximum Gasteiger partial charge on any atom is 0.123 e. The van der Waals surface area contributed by atoms with Crippen LogP contribution in [0.2, 0.25) is 0 Å². The number of hydrogen-bond acceptors (Lipinski definition) is 3. The van der Waals surface area contributed by atoms with Crippen LogP contribution in [0.3, 0.4) is 0 Å². The van der Waals surface area contributed by atoms with Crippen molar-refractivity contribution in [1.29, 1.82) is 0 Å². The number of fused-ring (bicyclic) bond motifs is 1. The molecule has 0 saturated carbocycles. The molecular formula is C18H18O3. The van der Waals surface area contributed by atoms with E-state index in [9.17, 15) is 5.11 Å². The van der Waals surface area contributed by atoms with Gasteiger partial charge in [-0.3, -0.25) is 0 Å².